The first-order chi connectivity index (χ1) is 8.28. The zero-order chi connectivity index (χ0) is 11.8. The highest BCUT2D eigenvalue weighted by Gasteiger charge is 2.41. The molecule has 96 valence electrons. The summed E-state index contributed by atoms with van der Waals surface area (Å²) in [4.78, 5) is 14.6. The molecule has 0 spiro atoms. The van der Waals surface area contributed by atoms with Gasteiger partial charge in [0.1, 0.15) is 0 Å². The van der Waals surface area contributed by atoms with Crippen molar-refractivity contribution < 1.29 is 4.79 Å². The molecule has 1 saturated carbocycles. The van der Waals surface area contributed by atoms with Gasteiger partial charge in [-0.3, -0.25) is 4.79 Å². The predicted molar refractivity (Wildman–Crippen MR) is 67.7 cm³/mol. The van der Waals surface area contributed by atoms with Crippen LogP contribution in [0.1, 0.15) is 51.4 Å². The van der Waals surface area contributed by atoms with Crippen molar-refractivity contribution in [2.24, 2.45) is 5.92 Å². The van der Waals surface area contributed by atoms with E-state index in [0.717, 1.165) is 12.3 Å². The SMILES string of the molecule is CNC1C[C@H]2CCC[C@@H](C1)N2C(=O)CC1CC1. The third kappa shape index (κ3) is 2.35. The molecule has 0 aromatic rings. The van der Waals surface area contributed by atoms with E-state index in [0.29, 0.717) is 24.0 Å². The summed E-state index contributed by atoms with van der Waals surface area (Å²) in [6.45, 7) is 0. The Hall–Kier alpha value is -0.570. The van der Waals surface area contributed by atoms with Crippen molar-refractivity contribution in [3.8, 4) is 0 Å². The summed E-state index contributed by atoms with van der Waals surface area (Å²) in [7, 11) is 2.06. The van der Waals surface area contributed by atoms with E-state index in [9.17, 15) is 4.79 Å². The van der Waals surface area contributed by atoms with Crippen LogP contribution >= 0.6 is 0 Å². The zero-order valence-corrected chi connectivity index (χ0v) is 10.8. The van der Waals surface area contributed by atoms with Crippen LogP contribution in [0.25, 0.3) is 0 Å². The maximum Gasteiger partial charge on any atom is 0.223 e. The highest BCUT2D eigenvalue weighted by Crippen LogP contribution is 2.38. The van der Waals surface area contributed by atoms with Crippen LogP contribution in [0.2, 0.25) is 0 Å². The number of amides is 1. The molecule has 0 aromatic carbocycles. The van der Waals surface area contributed by atoms with Crippen molar-refractivity contribution in [3.63, 3.8) is 0 Å². The Balaban J connectivity index is 1.68. The minimum atomic E-state index is 0.455. The first-order valence-corrected chi connectivity index (χ1v) is 7.26. The summed E-state index contributed by atoms with van der Waals surface area (Å²) < 4.78 is 0. The molecule has 2 bridgehead atoms. The second-order valence-electron chi connectivity index (χ2n) is 6.14. The number of rotatable bonds is 3. The molecule has 2 aliphatic heterocycles. The molecule has 0 radical (unpaired) electrons. The number of nitrogens with zero attached hydrogens (tertiary/aromatic N) is 1. The van der Waals surface area contributed by atoms with Crippen molar-refractivity contribution >= 4 is 5.91 Å². The molecule has 2 saturated heterocycles. The molecule has 2 heterocycles. The Morgan fingerprint density at radius 3 is 2.35 bits per heavy atom. The topological polar surface area (TPSA) is 32.3 Å². The Labute approximate surface area is 104 Å². The zero-order valence-electron chi connectivity index (χ0n) is 10.8. The molecule has 3 heteroatoms. The third-order valence-electron chi connectivity index (χ3n) is 4.83. The average molecular weight is 236 g/mol. The van der Waals surface area contributed by atoms with Crippen LogP contribution in [0.4, 0.5) is 0 Å². The highest BCUT2D eigenvalue weighted by molar-refractivity contribution is 5.77. The fourth-order valence-corrected chi connectivity index (χ4v) is 3.70. The first-order valence-electron chi connectivity index (χ1n) is 7.26. The van der Waals surface area contributed by atoms with Gasteiger partial charge < -0.3 is 10.2 Å². The number of carbonyl (C=O) groups is 1. The molecule has 1 unspecified atom stereocenters. The molecular formula is C14H24N2O. The van der Waals surface area contributed by atoms with Crippen LogP contribution in [0, 0.1) is 5.92 Å². The number of hydrogen-bond acceptors (Lipinski definition) is 2. The van der Waals surface area contributed by atoms with Gasteiger partial charge in [-0.2, -0.15) is 0 Å². The van der Waals surface area contributed by atoms with Crippen molar-refractivity contribution in [3.05, 3.63) is 0 Å². The second kappa shape index (κ2) is 4.60. The van der Waals surface area contributed by atoms with E-state index in [1.165, 1.54) is 44.9 Å². The highest BCUT2D eigenvalue weighted by atomic mass is 16.2. The number of fused-ring (bicyclic) bond motifs is 2. The molecule has 3 rings (SSSR count). The van der Waals surface area contributed by atoms with Gasteiger partial charge in [0.05, 0.1) is 0 Å². The molecule has 3 nitrogen and oxygen atoms in total. The van der Waals surface area contributed by atoms with E-state index in [2.05, 4.69) is 17.3 Å². The maximum absolute atomic E-state index is 12.4. The lowest BCUT2D eigenvalue weighted by molar-refractivity contribution is -0.141. The van der Waals surface area contributed by atoms with Gasteiger partial charge in [0, 0.05) is 24.5 Å². The molecule has 17 heavy (non-hydrogen) atoms. The quantitative estimate of drug-likeness (QED) is 0.812. The number of hydrogen-bond donors (Lipinski definition) is 1. The van der Waals surface area contributed by atoms with Crippen molar-refractivity contribution in [2.45, 2.75) is 69.5 Å². The fraction of sp³-hybridized carbons (Fsp3) is 0.929. The normalized spacial score (nSPS) is 37.0. The minimum absolute atomic E-state index is 0.455. The van der Waals surface area contributed by atoms with Gasteiger partial charge in [-0.1, -0.05) is 0 Å². The van der Waals surface area contributed by atoms with E-state index >= 15 is 0 Å². The predicted octanol–water partition coefficient (Wildman–Crippen LogP) is 1.92. The summed E-state index contributed by atoms with van der Waals surface area (Å²) in [6, 6.07) is 1.70. The van der Waals surface area contributed by atoms with Crippen molar-refractivity contribution in [1.29, 1.82) is 0 Å². The molecule has 3 aliphatic rings. The maximum atomic E-state index is 12.4. The summed E-state index contributed by atoms with van der Waals surface area (Å²) >= 11 is 0. The van der Waals surface area contributed by atoms with Gasteiger partial charge in [-0.15, -0.1) is 0 Å². The molecule has 3 atom stereocenters. The standard InChI is InChI=1S/C14H24N2O/c1-15-11-8-12-3-2-4-13(9-11)16(12)14(17)7-10-5-6-10/h10-13,15H,2-9H2,1H3/t11?,12-,13+. The van der Waals surface area contributed by atoms with Crippen LogP contribution in [-0.2, 0) is 4.79 Å². The van der Waals surface area contributed by atoms with E-state index in [1.54, 1.807) is 0 Å². The van der Waals surface area contributed by atoms with Crippen molar-refractivity contribution in [1.82, 2.24) is 10.2 Å². The van der Waals surface area contributed by atoms with Crippen LogP contribution < -0.4 is 5.32 Å². The van der Waals surface area contributed by atoms with E-state index in [4.69, 9.17) is 0 Å². The van der Waals surface area contributed by atoms with Crippen LogP contribution in [0.3, 0.4) is 0 Å². The number of carbonyl (C=O) groups excluding carboxylic acids is 1. The first kappa shape index (κ1) is 11.5. The Kier molecular flexibility index (Phi) is 3.12. The van der Waals surface area contributed by atoms with E-state index < -0.39 is 0 Å². The molecule has 0 aromatic heterocycles. The Morgan fingerprint density at radius 2 is 1.82 bits per heavy atom. The largest absolute Gasteiger partial charge is 0.337 e. The smallest absolute Gasteiger partial charge is 0.223 e. The van der Waals surface area contributed by atoms with Crippen molar-refractivity contribution in [2.75, 3.05) is 7.05 Å². The van der Waals surface area contributed by atoms with Crippen LogP contribution in [-0.4, -0.2) is 36.0 Å². The molecule has 1 amide bonds. The third-order valence-corrected chi connectivity index (χ3v) is 4.83. The fourth-order valence-electron chi connectivity index (χ4n) is 3.70. The molecular weight excluding hydrogens is 212 g/mol. The summed E-state index contributed by atoms with van der Waals surface area (Å²) in [5, 5.41) is 3.41. The van der Waals surface area contributed by atoms with E-state index in [1.807, 2.05) is 0 Å². The molecule has 3 fully saturated rings. The second-order valence-corrected chi connectivity index (χ2v) is 6.14. The molecule has 1 N–H and O–H groups in total. The number of piperidine rings is 2. The average Bonchev–Trinajstić information content (AvgIpc) is 3.11. The molecule has 1 aliphatic carbocycles. The summed E-state index contributed by atoms with van der Waals surface area (Å²) in [6.07, 6.45) is 9.52. The van der Waals surface area contributed by atoms with Crippen LogP contribution in [0.5, 0.6) is 0 Å². The lowest BCUT2D eigenvalue weighted by Gasteiger charge is -2.49. The Morgan fingerprint density at radius 1 is 1.18 bits per heavy atom. The van der Waals surface area contributed by atoms with Gasteiger partial charge in [-0.05, 0) is 57.9 Å². The number of nitrogens with one attached hydrogen (secondary N) is 1. The monoisotopic (exact) mass is 236 g/mol. The summed E-state index contributed by atoms with van der Waals surface area (Å²) in [5.41, 5.74) is 0. The van der Waals surface area contributed by atoms with Gasteiger partial charge >= 0.3 is 0 Å². The lowest BCUT2D eigenvalue weighted by Crippen LogP contribution is -2.57. The Bertz CT molecular complexity index is 287. The van der Waals surface area contributed by atoms with Gasteiger partial charge in [-0.25, -0.2) is 0 Å². The summed E-state index contributed by atoms with van der Waals surface area (Å²) in [5.74, 6) is 1.18. The van der Waals surface area contributed by atoms with Crippen LogP contribution in [0.15, 0.2) is 0 Å². The van der Waals surface area contributed by atoms with Gasteiger partial charge in [0.2, 0.25) is 5.91 Å². The van der Waals surface area contributed by atoms with Gasteiger partial charge in [0.15, 0.2) is 0 Å². The van der Waals surface area contributed by atoms with E-state index in [-0.39, 0.29) is 0 Å². The minimum Gasteiger partial charge on any atom is -0.337 e. The lowest BCUT2D eigenvalue weighted by atomic mass is 9.81. The van der Waals surface area contributed by atoms with Gasteiger partial charge in [0.25, 0.3) is 0 Å².